The van der Waals surface area contributed by atoms with Gasteiger partial charge in [0, 0.05) is 24.7 Å². The van der Waals surface area contributed by atoms with Gasteiger partial charge in [0.2, 0.25) is 26.6 Å². The Bertz CT molecular complexity index is 1210. The van der Waals surface area contributed by atoms with E-state index in [-0.39, 0.29) is 9.92 Å². The Morgan fingerprint density at radius 3 is 2.45 bits per heavy atom. The van der Waals surface area contributed by atoms with E-state index in [4.69, 9.17) is 13.9 Å². The highest BCUT2D eigenvalue weighted by molar-refractivity contribution is 7.91. The number of ether oxygens (including phenoxy) is 2. The average Bonchev–Trinajstić information content (AvgIpc) is 3.26. The third-order valence-electron chi connectivity index (χ3n) is 5.68. The van der Waals surface area contributed by atoms with Crippen LogP contribution < -0.4 is 14.4 Å². The van der Waals surface area contributed by atoms with Crippen LogP contribution in [0.2, 0.25) is 0 Å². The van der Waals surface area contributed by atoms with Crippen LogP contribution >= 0.6 is 0 Å². The van der Waals surface area contributed by atoms with Crippen LogP contribution in [0.25, 0.3) is 11.5 Å². The van der Waals surface area contributed by atoms with Crippen molar-refractivity contribution in [3.63, 3.8) is 0 Å². The molecule has 0 spiro atoms. The van der Waals surface area contributed by atoms with E-state index >= 15 is 0 Å². The molecule has 0 N–H and O–H groups in total. The molecule has 3 heterocycles. The van der Waals surface area contributed by atoms with Crippen molar-refractivity contribution in [2.24, 2.45) is 0 Å². The molecule has 0 unspecified atom stereocenters. The van der Waals surface area contributed by atoms with Gasteiger partial charge in [0.1, 0.15) is 13.2 Å². The molecule has 0 bridgehead atoms. The summed E-state index contributed by atoms with van der Waals surface area (Å²) in [6.07, 6.45) is 3.10. The lowest BCUT2D eigenvalue weighted by molar-refractivity contribution is 0.171. The predicted octanol–water partition coefficient (Wildman–Crippen LogP) is 4.24. The Morgan fingerprint density at radius 1 is 0.935 bits per heavy atom. The standard InChI is InChI=1S/C23H24N2O5S/c1-16-7-3-4-8-18(16)21-24-22(23(30-21)25-11-5-2-6-12-25)31(26,27)17-9-10-19-20(15-17)29-14-13-28-19/h3-4,7-10,15H,2,5-6,11-14H2,1H3. The molecule has 0 radical (unpaired) electrons. The lowest BCUT2D eigenvalue weighted by atomic mass is 10.1. The molecule has 31 heavy (non-hydrogen) atoms. The van der Waals surface area contributed by atoms with Crippen molar-refractivity contribution in [3.05, 3.63) is 48.0 Å². The van der Waals surface area contributed by atoms with Crippen molar-refractivity contribution in [2.75, 3.05) is 31.2 Å². The molecule has 3 aromatic rings. The molecule has 162 valence electrons. The minimum absolute atomic E-state index is 0.0515. The average molecular weight is 441 g/mol. The maximum absolute atomic E-state index is 13.7. The van der Waals surface area contributed by atoms with Crippen LogP contribution in [0.3, 0.4) is 0 Å². The number of piperidine rings is 1. The number of benzene rings is 2. The lowest BCUT2D eigenvalue weighted by Gasteiger charge is -2.26. The monoisotopic (exact) mass is 440 g/mol. The molecule has 1 saturated heterocycles. The summed E-state index contributed by atoms with van der Waals surface area (Å²) in [4.78, 5) is 6.61. The summed E-state index contributed by atoms with van der Waals surface area (Å²) in [6.45, 7) is 4.27. The number of oxazole rings is 1. The quantitative estimate of drug-likeness (QED) is 0.600. The van der Waals surface area contributed by atoms with E-state index < -0.39 is 9.84 Å². The Labute approximate surface area is 181 Å². The Kier molecular flexibility index (Phi) is 5.09. The van der Waals surface area contributed by atoms with E-state index in [1.165, 1.54) is 12.1 Å². The number of fused-ring (bicyclic) bond motifs is 1. The summed E-state index contributed by atoms with van der Waals surface area (Å²) in [6, 6.07) is 12.3. The summed E-state index contributed by atoms with van der Waals surface area (Å²) in [5.74, 6) is 1.60. The summed E-state index contributed by atoms with van der Waals surface area (Å²) >= 11 is 0. The van der Waals surface area contributed by atoms with E-state index in [1.54, 1.807) is 6.07 Å². The number of rotatable bonds is 4. The highest BCUT2D eigenvalue weighted by atomic mass is 32.2. The first-order valence-electron chi connectivity index (χ1n) is 10.5. The van der Waals surface area contributed by atoms with Gasteiger partial charge in [0.05, 0.1) is 4.90 Å². The molecule has 7 nitrogen and oxygen atoms in total. The van der Waals surface area contributed by atoms with Gasteiger partial charge in [-0.05, 0) is 49.9 Å². The van der Waals surface area contributed by atoms with Crippen LogP contribution in [0.4, 0.5) is 5.88 Å². The van der Waals surface area contributed by atoms with E-state index in [0.29, 0.717) is 36.5 Å². The van der Waals surface area contributed by atoms with Gasteiger partial charge in [-0.3, -0.25) is 0 Å². The van der Waals surface area contributed by atoms with Crippen molar-refractivity contribution in [1.82, 2.24) is 4.98 Å². The van der Waals surface area contributed by atoms with Crippen molar-refractivity contribution in [1.29, 1.82) is 0 Å². The van der Waals surface area contributed by atoms with E-state index in [9.17, 15) is 8.42 Å². The normalized spacial score (nSPS) is 16.4. The molecular weight excluding hydrogens is 416 g/mol. The highest BCUT2D eigenvalue weighted by Crippen LogP contribution is 2.39. The fraction of sp³-hybridized carbons (Fsp3) is 0.348. The smallest absolute Gasteiger partial charge is 0.236 e. The number of hydrogen-bond acceptors (Lipinski definition) is 7. The van der Waals surface area contributed by atoms with E-state index in [2.05, 4.69) is 4.98 Å². The van der Waals surface area contributed by atoms with Crippen molar-refractivity contribution >= 4 is 15.7 Å². The number of sulfone groups is 1. The third kappa shape index (κ3) is 3.65. The minimum Gasteiger partial charge on any atom is -0.486 e. The van der Waals surface area contributed by atoms with Crippen LogP contribution in [-0.2, 0) is 9.84 Å². The first-order valence-corrected chi connectivity index (χ1v) is 12.0. The second-order valence-electron chi connectivity index (χ2n) is 7.80. The van der Waals surface area contributed by atoms with Gasteiger partial charge in [-0.25, -0.2) is 8.42 Å². The molecule has 8 heteroatoms. The molecule has 0 amide bonds. The molecule has 0 saturated carbocycles. The van der Waals surface area contributed by atoms with Gasteiger partial charge in [-0.2, -0.15) is 4.98 Å². The zero-order valence-electron chi connectivity index (χ0n) is 17.3. The number of anilines is 1. The molecule has 1 aromatic heterocycles. The Morgan fingerprint density at radius 2 is 1.68 bits per heavy atom. The summed E-state index contributed by atoms with van der Waals surface area (Å²) < 4.78 is 44.6. The SMILES string of the molecule is Cc1ccccc1-c1nc(S(=O)(=O)c2ccc3c(c2)OCCO3)c(N2CCCCC2)o1. The molecule has 2 aliphatic rings. The lowest BCUT2D eigenvalue weighted by Crippen LogP contribution is -2.30. The molecule has 2 aromatic carbocycles. The minimum atomic E-state index is -3.93. The first kappa shape index (κ1) is 19.9. The zero-order valence-corrected chi connectivity index (χ0v) is 18.2. The van der Waals surface area contributed by atoms with Crippen molar-refractivity contribution < 1.29 is 22.3 Å². The Balaban J connectivity index is 1.63. The molecule has 1 fully saturated rings. The highest BCUT2D eigenvalue weighted by Gasteiger charge is 2.33. The first-order chi connectivity index (χ1) is 15.0. The van der Waals surface area contributed by atoms with Crippen LogP contribution in [0.5, 0.6) is 11.5 Å². The number of aryl methyl sites for hydroxylation is 1. The Hall–Kier alpha value is -3.00. The second-order valence-corrected chi connectivity index (χ2v) is 9.67. The van der Waals surface area contributed by atoms with Crippen LogP contribution in [-0.4, -0.2) is 39.7 Å². The predicted molar refractivity (Wildman–Crippen MR) is 116 cm³/mol. The van der Waals surface area contributed by atoms with E-state index in [1.807, 2.05) is 36.1 Å². The maximum Gasteiger partial charge on any atom is 0.236 e. The summed E-state index contributed by atoms with van der Waals surface area (Å²) in [7, 11) is -3.93. The number of aromatic nitrogens is 1. The van der Waals surface area contributed by atoms with Crippen LogP contribution in [0.1, 0.15) is 24.8 Å². The fourth-order valence-electron chi connectivity index (χ4n) is 4.00. The van der Waals surface area contributed by atoms with Gasteiger partial charge >= 0.3 is 0 Å². The molecule has 2 aliphatic heterocycles. The zero-order chi connectivity index (χ0) is 21.4. The molecular formula is C23H24N2O5S. The summed E-state index contributed by atoms with van der Waals surface area (Å²) in [5, 5.41) is -0.0515. The van der Waals surface area contributed by atoms with Gasteiger partial charge in [0.25, 0.3) is 0 Å². The summed E-state index contributed by atoms with van der Waals surface area (Å²) in [5.41, 5.74) is 1.75. The molecule has 5 rings (SSSR count). The largest absolute Gasteiger partial charge is 0.486 e. The maximum atomic E-state index is 13.7. The number of nitrogens with zero attached hydrogens (tertiary/aromatic N) is 2. The molecule has 0 aliphatic carbocycles. The van der Waals surface area contributed by atoms with Gasteiger partial charge < -0.3 is 18.8 Å². The van der Waals surface area contributed by atoms with Crippen LogP contribution in [0, 0.1) is 6.92 Å². The second kappa shape index (κ2) is 7.92. The number of hydrogen-bond donors (Lipinski definition) is 0. The molecule has 0 atom stereocenters. The van der Waals surface area contributed by atoms with Crippen LogP contribution in [0.15, 0.2) is 56.8 Å². The van der Waals surface area contributed by atoms with E-state index in [0.717, 1.165) is 43.5 Å². The van der Waals surface area contributed by atoms with Gasteiger partial charge in [-0.15, -0.1) is 0 Å². The van der Waals surface area contributed by atoms with Crippen molar-refractivity contribution in [2.45, 2.75) is 36.1 Å². The van der Waals surface area contributed by atoms with Crippen molar-refractivity contribution in [3.8, 4) is 23.0 Å². The van der Waals surface area contributed by atoms with Gasteiger partial charge in [-0.1, -0.05) is 18.2 Å². The van der Waals surface area contributed by atoms with Gasteiger partial charge in [0.15, 0.2) is 11.5 Å². The third-order valence-corrected chi connectivity index (χ3v) is 7.33. The topological polar surface area (TPSA) is 81.9 Å². The fourth-order valence-corrected chi connectivity index (χ4v) is 5.34.